The molecule has 52 heavy (non-hydrogen) atoms. The van der Waals surface area contributed by atoms with Crippen LogP contribution in [0.15, 0.2) is 158 Å². The average Bonchev–Trinajstić information content (AvgIpc) is 3.64. The fourth-order valence-corrected chi connectivity index (χ4v) is 8.74. The molecule has 0 saturated carbocycles. The molecule has 2 aliphatic rings. The first-order valence-electron chi connectivity index (χ1n) is 17.9. The summed E-state index contributed by atoms with van der Waals surface area (Å²) >= 11 is 0. The third-order valence-electron chi connectivity index (χ3n) is 11.3. The Morgan fingerprint density at radius 3 is 2.23 bits per heavy atom. The minimum absolute atomic E-state index is 0.0153. The first-order chi connectivity index (χ1) is 25.5. The Labute approximate surface area is 302 Å². The van der Waals surface area contributed by atoms with Crippen LogP contribution < -0.4 is 0 Å². The smallest absolute Gasteiger partial charge is 0.160 e. The van der Waals surface area contributed by atoms with Crippen molar-refractivity contribution < 1.29 is 0 Å². The lowest BCUT2D eigenvalue weighted by molar-refractivity contribution is 0.394. The zero-order valence-corrected chi connectivity index (χ0v) is 29.0. The number of nitriles is 1. The summed E-state index contributed by atoms with van der Waals surface area (Å²) in [7, 11) is 0. The normalized spacial score (nSPS) is 17.0. The zero-order chi connectivity index (χ0) is 35.0. The molecule has 8 aromatic rings. The summed E-state index contributed by atoms with van der Waals surface area (Å²) < 4.78 is 2.41. The molecule has 246 valence electrons. The largest absolute Gasteiger partial charge is 0.309 e. The summed E-state index contributed by atoms with van der Waals surface area (Å²) in [5.41, 5.74) is 12.5. The van der Waals surface area contributed by atoms with E-state index >= 15 is 0 Å². The summed E-state index contributed by atoms with van der Waals surface area (Å²) in [4.78, 5) is 10.4. The molecule has 10 rings (SSSR count). The third-order valence-corrected chi connectivity index (χ3v) is 11.3. The van der Waals surface area contributed by atoms with Crippen molar-refractivity contribution in [3.8, 4) is 45.5 Å². The average molecular weight is 667 g/mol. The Bertz CT molecular complexity index is 2850. The van der Waals surface area contributed by atoms with E-state index in [1.165, 1.54) is 27.4 Å². The molecule has 2 atom stereocenters. The second-order valence-corrected chi connectivity index (χ2v) is 14.6. The number of benzene rings is 6. The predicted octanol–water partition coefficient (Wildman–Crippen LogP) is 11.7. The van der Waals surface area contributed by atoms with E-state index < -0.39 is 0 Å². The number of nitrogens with zero attached hydrogens (tertiary/aromatic N) is 4. The lowest BCUT2D eigenvalue weighted by Crippen LogP contribution is -2.24. The number of para-hydroxylation sites is 2. The van der Waals surface area contributed by atoms with E-state index in [0.29, 0.717) is 23.2 Å². The van der Waals surface area contributed by atoms with Gasteiger partial charge < -0.3 is 4.57 Å². The molecule has 2 aromatic heterocycles. The number of hydrogen-bond donors (Lipinski definition) is 0. The van der Waals surface area contributed by atoms with E-state index in [9.17, 15) is 5.26 Å². The van der Waals surface area contributed by atoms with E-state index in [1.807, 2.05) is 36.4 Å². The van der Waals surface area contributed by atoms with Gasteiger partial charge in [-0.15, -0.1) is 0 Å². The molecule has 0 fully saturated rings. The van der Waals surface area contributed by atoms with Crippen LogP contribution in [0, 0.1) is 17.2 Å². The van der Waals surface area contributed by atoms with Crippen LogP contribution >= 0.6 is 0 Å². The van der Waals surface area contributed by atoms with Gasteiger partial charge in [-0.3, -0.25) is 0 Å². The Morgan fingerprint density at radius 1 is 0.615 bits per heavy atom. The quantitative estimate of drug-likeness (QED) is 0.188. The molecule has 4 heteroatoms. The van der Waals surface area contributed by atoms with Gasteiger partial charge in [-0.25, -0.2) is 9.97 Å². The van der Waals surface area contributed by atoms with Crippen molar-refractivity contribution in [3.63, 3.8) is 0 Å². The van der Waals surface area contributed by atoms with E-state index in [1.54, 1.807) is 0 Å². The number of rotatable bonds is 4. The summed E-state index contributed by atoms with van der Waals surface area (Å²) in [6.45, 7) is 4.78. The number of hydrogen-bond acceptors (Lipinski definition) is 3. The topological polar surface area (TPSA) is 54.5 Å². The number of aromatic nitrogens is 3. The maximum Gasteiger partial charge on any atom is 0.160 e. The van der Waals surface area contributed by atoms with Crippen LogP contribution in [0.25, 0.3) is 72.2 Å². The van der Waals surface area contributed by atoms with Gasteiger partial charge in [0.2, 0.25) is 0 Å². The second kappa shape index (κ2) is 11.5. The Morgan fingerprint density at radius 2 is 1.37 bits per heavy atom. The van der Waals surface area contributed by atoms with Crippen LogP contribution in [-0.4, -0.2) is 14.5 Å². The van der Waals surface area contributed by atoms with Gasteiger partial charge in [-0.2, -0.15) is 5.26 Å². The van der Waals surface area contributed by atoms with Crippen molar-refractivity contribution in [2.75, 3.05) is 0 Å². The van der Waals surface area contributed by atoms with Gasteiger partial charge in [0.1, 0.15) is 0 Å². The van der Waals surface area contributed by atoms with Crippen LogP contribution in [0.5, 0.6) is 0 Å². The van der Waals surface area contributed by atoms with Crippen molar-refractivity contribution >= 4 is 32.7 Å². The fourth-order valence-electron chi connectivity index (χ4n) is 8.74. The molecule has 0 N–H and O–H groups in total. The molecule has 0 saturated heterocycles. The maximum atomic E-state index is 9.84. The molecule has 2 heterocycles. The lowest BCUT2D eigenvalue weighted by atomic mass is 9.74. The van der Waals surface area contributed by atoms with Gasteiger partial charge in [0.05, 0.1) is 33.9 Å². The van der Waals surface area contributed by atoms with Crippen molar-refractivity contribution in [2.24, 2.45) is 5.92 Å². The fraction of sp³-hybridized carbons (Fsp3) is 0.104. The monoisotopic (exact) mass is 666 g/mol. The summed E-state index contributed by atoms with van der Waals surface area (Å²) in [6.07, 6.45) is 9.17. The van der Waals surface area contributed by atoms with Crippen LogP contribution in [0.4, 0.5) is 0 Å². The van der Waals surface area contributed by atoms with E-state index in [2.05, 4.69) is 146 Å². The molecule has 0 radical (unpaired) electrons. The van der Waals surface area contributed by atoms with Gasteiger partial charge in [0, 0.05) is 38.9 Å². The first-order valence-corrected chi connectivity index (χ1v) is 17.9. The van der Waals surface area contributed by atoms with E-state index in [4.69, 9.17) is 9.97 Å². The summed E-state index contributed by atoms with van der Waals surface area (Å²) in [5.74, 6) is 1.41. The number of fused-ring (bicyclic) bond motifs is 7. The van der Waals surface area contributed by atoms with Crippen molar-refractivity contribution in [2.45, 2.75) is 25.2 Å². The highest BCUT2D eigenvalue weighted by Gasteiger charge is 2.45. The van der Waals surface area contributed by atoms with Crippen molar-refractivity contribution in [3.05, 3.63) is 174 Å². The van der Waals surface area contributed by atoms with Gasteiger partial charge in [0.25, 0.3) is 0 Å². The molecule has 0 amide bonds. The molecular weight excluding hydrogens is 633 g/mol. The molecule has 0 aliphatic heterocycles. The first kappa shape index (κ1) is 30.3. The van der Waals surface area contributed by atoms with Crippen LogP contribution in [0.1, 0.15) is 36.5 Å². The summed E-state index contributed by atoms with van der Waals surface area (Å²) in [6, 6.07) is 49.0. The molecule has 4 nitrogen and oxygen atoms in total. The van der Waals surface area contributed by atoms with Crippen molar-refractivity contribution in [1.29, 1.82) is 5.26 Å². The molecule has 2 unspecified atom stereocenters. The minimum Gasteiger partial charge on any atom is -0.309 e. The molecular formula is C48H34N4. The standard InChI is InChI=1S/C48H34N4/c1-48(2)41-20-9-6-17-36(41)39-28-45-40(27-42(39)48)37-18-8-11-22-44(37)52(45)35-25-33(32-16-12-13-30(23-32)29-49)24-34(26-35)47-50-43-21-10-7-19-38(43)46(51-47)31-14-4-3-5-15-31/h3-28,36,41H,1-2H3. The lowest BCUT2D eigenvalue weighted by Gasteiger charge is -2.29. The molecule has 6 aromatic carbocycles. The maximum absolute atomic E-state index is 9.84. The van der Waals surface area contributed by atoms with Gasteiger partial charge >= 0.3 is 0 Å². The van der Waals surface area contributed by atoms with Crippen molar-refractivity contribution in [1.82, 2.24) is 14.5 Å². The second-order valence-electron chi connectivity index (χ2n) is 14.6. The SMILES string of the molecule is CC1(C)c2cc3c4ccccc4n(-c4cc(-c5cccc(C#N)c5)cc(-c5nc(-c6ccccc6)c6ccccc6n5)c4)c3cc2C2C=CC=CC21. The zero-order valence-electron chi connectivity index (χ0n) is 29.0. The van der Waals surface area contributed by atoms with E-state index in [-0.39, 0.29) is 5.41 Å². The van der Waals surface area contributed by atoms with Crippen LogP contribution in [0.3, 0.4) is 0 Å². The van der Waals surface area contributed by atoms with Crippen LogP contribution in [-0.2, 0) is 5.41 Å². The van der Waals surface area contributed by atoms with E-state index in [0.717, 1.165) is 50.1 Å². The highest BCUT2D eigenvalue weighted by molar-refractivity contribution is 6.10. The molecule has 0 bridgehead atoms. The highest BCUT2D eigenvalue weighted by atomic mass is 15.0. The van der Waals surface area contributed by atoms with Gasteiger partial charge in [0.15, 0.2) is 5.82 Å². The Hall–Kier alpha value is -6.57. The Kier molecular flexibility index (Phi) is 6.68. The molecule has 2 aliphatic carbocycles. The van der Waals surface area contributed by atoms with Gasteiger partial charge in [-0.05, 0) is 88.2 Å². The van der Waals surface area contributed by atoms with Crippen LogP contribution in [0.2, 0.25) is 0 Å². The molecule has 0 spiro atoms. The minimum atomic E-state index is 0.0153. The number of allylic oxidation sites excluding steroid dienone is 4. The van der Waals surface area contributed by atoms with Gasteiger partial charge in [-0.1, -0.05) is 117 Å². The Balaban J connectivity index is 1.27. The third kappa shape index (κ3) is 4.60. The highest BCUT2D eigenvalue weighted by Crippen LogP contribution is 2.54. The predicted molar refractivity (Wildman–Crippen MR) is 212 cm³/mol. The summed E-state index contributed by atoms with van der Waals surface area (Å²) in [5, 5.41) is 13.3.